The van der Waals surface area contributed by atoms with Crippen LogP contribution in [0.3, 0.4) is 0 Å². The molecule has 0 aliphatic carbocycles. The van der Waals surface area contributed by atoms with E-state index in [2.05, 4.69) is 42.9 Å². The van der Waals surface area contributed by atoms with E-state index in [0.29, 0.717) is 17.3 Å². The number of nitrogens with zero attached hydrogens (tertiary/aromatic N) is 1. The third-order valence-corrected chi connectivity index (χ3v) is 4.62. The highest BCUT2D eigenvalue weighted by molar-refractivity contribution is 6.41. The standard InChI is InChI=1S/C15H23Cl2N3O2/c1-9-6-20(7-10(2)22-9)15(3,4)8-18-14(21)12-5-11(16)13(17)19-12/h5,9-10,19H,6-8H2,1-4H3,(H,18,21)/t9-,10+. The number of halogens is 2. The summed E-state index contributed by atoms with van der Waals surface area (Å²) in [4.78, 5) is 17.3. The number of aromatic amines is 1. The Labute approximate surface area is 141 Å². The van der Waals surface area contributed by atoms with Crippen molar-refractivity contribution < 1.29 is 9.53 Å². The number of hydrogen-bond acceptors (Lipinski definition) is 3. The van der Waals surface area contributed by atoms with Gasteiger partial charge in [-0.25, -0.2) is 0 Å². The Morgan fingerprint density at radius 1 is 1.41 bits per heavy atom. The summed E-state index contributed by atoms with van der Waals surface area (Å²) in [6.07, 6.45) is 0.388. The summed E-state index contributed by atoms with van der Waals surface area (Å²) in [5, 5.41) is 3.57. The lowest BCUT2D eigenvalue weighted by atomic mass is 10.00. The van der Waals surface area contributed by atoms with E-state index >= 15 is 0 Å². The Morgan fingerprint density at radius 3 is 2.50 bits per heavy atom. The molecule has 7 heteroatoms. The van der Waals surface area contributed by atoms with Crippen molar-refractivity contribution in [2.45, 2.75) is 45.4 Å². The molecule has 124 valence electrons. The maximum absolute atomic E-state index is 12.2. The first-order valence-electron chi connectivity index (χ1n) is 7.42. The van der Waals surface area contributed by atoms with Crippen molar-refractivity contribution in [2.24, 2.45) is 0 Å². The van der Waals surface area contributed by atoms with Gasteiger partial charge < -0.3 is 15.0 Å². The topological polar surface area (TPSA) is 57.4 Å². The van der Waals surface area contributed by atoms with E-state index in [1.54, 1.807) is 0 Å². The second-order valence-electron chi connectivity index (χ2n) is 6.50. The molecule has 0 radical (unpaired) electrons. The Kier molecular flexibility index (Phi) is 5.43. The lowest BCUT2D eigenvalue weighted by molar-refractivity contribution is -0.0948. The summed E-state index contributed by atoms with van der Waals surface area (Å²) in [5.74, 6) is -0.212. The molecule has 1 aliphatic heterocycles. The van der Waals surface area contributed by atoms with Crippen molar-refractivity contribution in [3.63, 3.8) is 0 Å². The molecule has 0 saturated carbocycles. The minimum Gasteiger partial charge on any atom is -0.373 e. The fourth-order valence-corrected chi connectivity index (χ4v) is 3.01. The Hall–Kier alpha value is -0.750. The van der Waals surface area contributed by atoms with Gasteiger partial charge in [0, 0.05) is 25.2 Å². The average molecular weight is 348 g/mol. The van der Waals surface area contributed by atoms with E-state index in [1.165, 1.54) is 6.07 Å². The van der Waals surface area contributed by atoms with Crippen LogP contribution in [0, 0.1) is 0 Å². The Morgan fingerprint density at radius 2 is 2.00 bits per heavy atom. The predicted molar refractivity (Wildman–Crippen MR) is 88.8 cm³/mol. The van der Waals surface area contributed by atoms with Gasteiger partial charge >= 0.3 is 0 Å². The van der Waals surface area contributed by atoms with Gasteiger partial charge in [0.05, 0.1) is 17.2 Å². The lowest BCUT2D eigenvalue weighted by Gasteiger charge is -2.45. The van der Waals surface area contributed by atoms with Crippen LogP contribution in [0.2, 0.25) is 10.2 Å². The summed E-state index contributed by atoms with van der Waals surface area (Å²) in [6.45, 7) is 10.6. The molecule has 0 unspecified atom stereocenters. The summed E-state index contributed by atoms with van der Waals surface area (Å²) < 4.78 is 5.76. The van der Waals surface area contributed by atoms with Crippen LogP contribution in [-0.4, -0.2) is 53.2 Å². The number of carbonyl (C=O) groups excluding carboxylic acids is 1. The smallest absolute Gasteiger partial charge is 0.267 e. The van der Waals surface area contributed by atoms with Crippen molar-refractivity contribution in [3.05, 3.63) is 21.9 Å². The van der Waals surface area contributed by atoms with Gasteiger partial charge in [0.15, 0.2) is 0 Å². The van der Waals surface area contributed by atoms with Crippen LogP contribution >= 0.6 is 23.2 Å². The number of morpholine rings is 1. The monoisotopic (exact) mass is 347 g/mol. The Balaban J connectivity index is 1.95. The number of aromatic nitrogens is 1. The third-order valence-electron chi connectivity index (χ3n) is 3.93. The molecule has 1 amide bonds. The van der Waals surface area contributed by atoms with Crippen molar-refractivity contribution in [1.29, 1.82) is 0 Å². The first kappa shape index (κ1) is 17.6. The second-order valence-corrected chi connectivity index (χ2v) is 7.29. The van der Waals surface area contributed by atoms with Crippen molar-refractivity contribution in [2.75, 3.05) is 19.6 Å². The molecule has 1 aliphatic rings. The molecule has 5 nitrogen and oxygen atoms in total. The van der Waals surface area contributed by atoms with E-state index in [0.717, 1.165) is 13.1 Å². The van der Waals surface area contributed by atoms with Crippen molar-refractivity contribution >= 4 is 29.1 Å². The molecule has 1 aromatic heterocycles. The zero-order valence-electron chi connectivity index (χ0n) is 13.4. The van der Waals surface area contributed by atoms with Crippen LogP contribution < -0.4 is 5.32 Å². The molecule has 1 saturated heterocycles. The predicted octanol–water partition coefficient (Wildman–Crippen LogP) is 2.94. The van der Waals surface area contributed by atoms with E-state index in [9.17, 15) is 4.79 Å². The number of hydrogen-bond donors (Lipinski definition) is 2. The minimum absolute atomic E-state index is 0.165. The maximum Gasteiger partial charge on any atom is 0.267 e. The summed E-state index contributed by atoms with van der Waals surface area (Å²) in [7, 11) is 0. The highest BCUT2D eigenvalue weighted by Crippen LogP contribution is 2.23. The van der Waals surface area contributed by atoms with Crippen LogP contribution in [0.5, 0.6) is 0 Å². The molecular formula is C15H23Cl2N3O2. The third kappa shape index (κ3) is 4.16. The summed E-state index contributed by atoms with van der Waals surface area (Å²) >= 11 is 11.7. The minimum atomic E-state index is -0.212. The molecule has 22 heavy (non-hydrogen) atoms. The molecule has 2 rings (SSSR count). The Bertz CT molecular complexity index is 515. The number of amides is 1. The fourth-order valence-electron chi connectivity index (χ4n) is 2.70. The highest BCUT2D eigenvalue weighted by atomic mass is 35.5. The molecule has 1 aromatic rings. The number of rotatable bonds is 4. The van der Waals surface area contributed by atoms with E-state index < -0.39 is 0 Å². The van der Waals surface area contributed by atoms with Crippen LogP contribution in [0.25, 0.3) is 0 Å². The fraction of sp³-hybridized carbons (Fsp3) is 0.667. The van der Waals surface area contributed by atoms with Crippen LogP contribution in [0.4, 0.5) is 0 Å². The van der Waals surface area contributed by atoms with Gasteiger partial charge in [-0.3, -0.25) is 9.69 Å². The average Bonchev–Trinajstić information content (AvgIpc) is 2.75. The van der Waals surface area contributed by atoms with Crippen molar-refractivity contribution in [3.8, 4) is 0 Å². The van der Waals surface area contributed by atoms with Gasteiger partial charge in [-0.15, -0.1) is 0 Å². The molecule has 0 bridgehead atoms. The SMILES string of the molecule is C[C@@H]1CN(C(C)(C)CNC(=O)c2cc(Cl)c(Cl)[nH]2)C[C@H](C)O1. The van der Waals surface area contributed by atoms with E-state index in [4.69, 9.17) is 27.9 Å². The molecule has 0 aromatic carbocycles. The largest absolute Gasteiger partial charge is 0.373 e. The van der Waals surface area contributed by atoms with Gasteiger partial charge in [0.1, 0.15) is 10.8 Å². The van der Waals surface area contributed by atoms with Gasteiger partial charge in [0.2, 0.25) is 0 Å². The van der Waals surface area contributed by atoms with Gasteiger partial charge in [-0.2, -0.15) is 0 Å². The molecule has 2 atom stereocenters. The number of carbonyl (C=O) groups is 1. The number of ether oxygens (including phenoxy) is 1. The van der Waals surface area contributed by atoms with Crippen molar-refractivity contribution in [1.82, 2.24) is 15.2 Å². The molecule has 0 spiro atoms. The molecule has 2 N–H and O–H groups in total. The van der Waals surface area contributed by atoms with Crippen LogP contribution in [0.1, 0.15) is 38.2 Å². The zero-order chi connectivity index (χ0) is 16.5. The number of H-pyrrole nitrogens is 1. The second kappa shape index (κ2) is 6.79. The summed E-state index contributed by atoms with van der Waals surface area (Å²) in [5.41, 5.74) is 0.205. The van der Waals surface area contributed by atoms with Crippen LogP contribution in [-0.2, 0) is 4.74 Å². The normalized spacial score (nSPS) is 23.5. The quantitative estimate of drug-likeness (QED) is 0.880. The first-order valence-corrected chi connectivity index (χ1v) is 8.17. The summed E-state index contributed by atoms with van der Waals surface area (Å²) in [6, 6.07) is 1.53. The van der Waals surface area contributed by atoms with Gasteiger partial charge in [0.25, 0.3) is 5.91 Å². The molecule has 2 heterocycles. The maximum atomic E-state index is 12.2. The van der Waals surface area contributed by atoms with Crippen LogP contribution in [0.15, 0.2) is 6.07 Å². The van der Waals surface area contributed by atoms with E-state index in [1.807, 2.05) is 0 Å². The highest BCUT2D eigenvalue weighted by Gasteiger charge is 2.33. The lowest BCUT2D eigenvalue weighted by Crippen LogP contribution is -2.58. The first-order chi connectivity index (χ1) is 10.2. The molecular weight excluding hydrogens is 325 g/mol. The molecule has 1 fully saturated rings. The van der Waals surface area contributed by atoms with E-state index in [-0.39, 0.29) is 28.8 Å². The van der Waals surface area contributed by atoms with Gasteiger partial charge in [-0.1, -0.05) is 23.2 Å². The van der Waals surface area contributed by atoms with Gasteiger partial charge in [-0.05, 0) is 33.8 Å². The zero-order valence-corrected chi connectivity index (χ0v) is 14.9. The number of nitrogens with one attached hydrogen (secondary N) is 2.